The van der Waals surface area contributed by atoms with E-state index in [1.165, 1.54) is 12.1 Å². The molecule has 6 heteroatoms. The SMILES string of the molecule is NS(=O)(=O)c1ccc(-c2csc(Br)c2-c2ccccc2)cc1. The van der Waals surface area contributed by atoms with Gasteiger partial charge in [0.25, 0.3) is 0 Å². The number of halogens is 1. The summed E-state index contributed by atoms with van der Waals surface area (Å²) in [5.41, 5.74) is 4.23. The highest BCUT2D eigenvalue weighted by Gasteiger charge is 2.14. The molecule has 0 radical (unpaired) electrons. The Kier molecular flexibility index (Phi) is 4.18. The molecule has 0 saturated heterocycles. The maximum atomic E-state index is 11.3. The lowest BCUT2D eigenvalue weighted by Gasteiger charge is -2.07. The van der Waals surface area contributed by atoms with Gasteiger partial charge < -0.3 is 0 Å². The van der Waals surface area contributed by atoms with Gasteiger partial charge in [-0.1, -0.05) is 42.5 Å². The molecule has 0 aliphatic carbocycles. The van der Waals surface area contributed by atoms with Crippen LogP contribution in [0.4, 0.5) is 0 Å². The second kappa shape index (κ2) is 5.96. The lowest BCUT2D eigenvalue weighted by Crippen LogP contribution is -2.11. The molecule has 0 aliphatic heterocycles. The quantitative estimate of drug-likeness (QED) is 0.712. The van der Waals surface area contributed by atoms with Crippen LogP contribution in [0.25, 0.3) is 22.3 Å². The van der Waals surface area contributed by atoms with Crippen LogP contribution in [-0.2, 0) is 10.0 Å². The third-order valence-corrected chi connectivity index (χ3v) is 5.95. The van der Waals surface area contributed by atoms with E-state index in [0.717, 1.165) is 26.0 Å². The summed E-state index contributed by atoms with van der Waals surface area (Å²) in [6.45, 7) is 0. The number of primary sulfonamides is 1. The Morgan fingerprint density at radius 2 is 1.55 bits per heavy atom. The fourth-order valence-electron chi connectivity index (χ4n) is 2.24. The van der Waals surface area contributed by atoms with Gasteiger partial charge in [0.15, 0.2) is 0 Å². The molecule has 3 aromatic rings. The van der Waals surface area contributed by atoms with E-state index >= 15 is 0 Å². The van der Waals surface area contributed by atoms with Crippen molar-refractivity contribution in [1.29, 1.82) is 0 Å². The minimum Gasteiger partial charge on any atom is -0.225 e. The molecule has 0 atom stereocenters. The van der Waals surface area contributed by atoms with E-state index in [-0.39, 0.29) is 4.90 Å². The third-order valence-electron chi connectivity index (χ3n) is 3.30. The van der Waals surface area contributed by atoms with Crippen LogP contribution >= 0.6 is 27.3 Å². The van der Waals surface area contributed by atoms with E-state index in [9.17, 15) is 8.42 Å². The largest absolute Gasteiger partial charge is 0.238 e. The van der Waals surface area contributed by atoms with Gasteiger partial charge in [-0.2, -0.15) is 0 Å². The van der Waals surface area contributed by atoms with Crippen molar-refractivity contribution in [1.82, 2.24) is 0 Å². The summed E-state index contributed by atoms with van der Waals surface area (Å²) in [5, 5.41) is 7.19. The monoisotopic (exact) mass is 393 g/mol. The van der Waals surface area contributed by atoms with Gasteiger partial charge in [0.05, 0.1) is 8.68 Å². The van der Waals surface area contributed by atoms with Gasteiger partial charge in [-0.25, -0.2) is 13.6 Å². The van der Waals surface area contributed by atoms with Crippen molar-refractivity contribution in [2.24, 2.45) is 5.14 Å². The van der Waals surface area contributed by atoms with Crippen LogP contribution in [0.15, 0.2) is 68.7 Å². The van der Waals surface area contributed by atoms with Gasteiger partial charge in [0, 0.05) is 16.5 Å². The fraction of sp³-hybridized carbons (Fsp3) is 0. The first-order valence-corrected chi connectivity index (χ1v) is 9.64. The zero-order valence-electron chi connectivity index (χ0n) is 11.4. The molecule has 22 heavy (non-hydrogen) atoms. The van der Waals surface area contributed by atoms with Crippen molar-refractivity contribution < 1.29 is 8.42 Å². The van der Waals surface area contributed by atoms with Crippen LogP contribution in [0.1, 0.15) is 0 Å². The first kappa shape index (κ1) is 15.4. The van der Waals surface area contributed by atoms with Crippen LogP contribution < -0.4 is 5.14 Å². The highest BCUT2D eigenvalue weighted by Crippen LogP contribution is 2.42. The van der Waals surface area contributed by atoms with Crippen molar-refractivity contribution in [3.05, 3.63) is 63.8 Å². The number of thiophene rings is 1. The van der Waals surface area contributed by atoms with Crippen molar-refractivity contribution >= 4 is 37.3 Å². The summed E-state index contributed by atoms with van der Waals surface area (Å²) >= 11 is 5.20. The molecule has 0 spiro atoms. The number of sulfonamides is 1. The standard InChI is InChI=1S/C16H12BrNO2S2/c17-16-15(12-4-2-1-3-5-12)14(10-21-16)11-6-8-13(9-7-11)22(18,19)20/h1-10H,(H2,18,19,20). The molecular weight excluding hydrogens is 382 g/mol. The summed E-state index contributed by atoms with van der Waals surface area (Å²) in [5.74, 6) is 0. The van der Waals surface area contributed by atoms with Crippen LogP contribution in [0.5, 0.6) is 0 Å². The highest BCUT2D eigenvalue weighted by atomic mass is 79.9. The summed E-state index contributed by atoms with van der Waals surface area (Å²) in [7, 11) is -3.67. The van der Waals surface area contributed by atoms with Gasteiger partial charge in [-0.3, -0.25) is 0 Å². The molecule has 0 bridgehead atoms. The zero-order chi connectivity index (χ0) is 15.7. The second-order valence-corrected chi connectivity index (χ2v) is 8.49. The Morgan fingerprint density at radius 3 is 2.14 bits per heavy atom. The molecule has 0 aliphatic rings. The predicted molar refractivity (Wildman–Crippen MR) is 94.3 cm³/mol. The highest BCUT2D eigenvalue weighted by molar-refractivity contribution is 9.11. The molecule has 1 aromatic heterocycles. The molecule has 2 aromatic carbocycles. The maximum absolute atomic E-state index is 11.3. The Hall–Kier alpha value is -1.47. The molecule has 112 valence electrons. The molecule has 3 rings (SSSR count). The van der Waals surface area contributed by atoms with E-state index in [1.807, 2.05) is 18.2 Å². The Morgan fingerprint density at radius 1 is 0.909 bits per heavy atom. The molecule has 0 fully saturated rings. The number of hydrogen-bond acceptors (Lipinski definition) is 3. The average Bonchev–Trinajstić information content (AvgIpc) is 2.89. The summed E-state index contributed by atoms with van der Waals surface area (Å²) in [6.07, 6.45) is 0. The van der Waals surface area contributed by atoms with E-state index in [1.54, 1.807) is 23.5 Å². The van der Waals surface area contributed by atoms with Gasteiger partial charge in [0.1, 0.15) is 0 Å². The van der Waals surface area contributed by atoms with Crippen molar-refractivity contribution in [3.63, 3.8) is 0 Å². The smallest absolute Gasteiger partial charge is 0.225 e. The van der Waals surface area contributed by atoms with Gasteiger partial charge in [-0.15, -0.1) is 11.3 Å². The number of nitrogens with two attached hydrogens (primary N) is 1. The van der Waals surface area contributed by atoms with E-state index < -0.39 is 10.0 Å². The number of benzene rings is 2. The normalized spacial score (nSPS) is 11.5. The molecule has 1 heterocycles. The molecular formula is C16H12BrNO2S2. The fourth-order valence-corrected chi connectivity index (χ4v) is 4.30. The van der Waals surface area contributed by atoms with Gasteiger partial charge in [-0.05, 0) is 39.2 Å². The molecule has 3 nitrogen and oxygen atoms in total. The lowest BCUT2D eigenvalue weighted by molar-refractivity contribution is 0.598. The molecule has 0 unspecified atom stereocenters. The molecule has 0 saturated carbocycles. The van der Waals surface area contributed by atoms with Crippen LogP contribution in [0.2, 0.25) is 0 Å². The second-order valence-electron chi connectivity index (χ2n) is 4.73. The van der Waals surface area contributed by atoms with Crippen molar-refractivity contribution in [2.45, 2.75) is 4.90 Å². The van der Waals surface area contributed by atoms with Crippen LogP contribution in [-0.4, -0.2) is 8.42 Å². The average molecular weight is 394 g/mol. The minimum atomic E-state index is -3.67. The van der Waals surface area contributed by atoms with Gasteiger partial charge in [0.2, 0.25) is 10.0 Å². The Labute approximate surface area is 141 Å². The summed E-state index contributed by atoms with van der Waals surface area (Å²) in [4.78, 5) is 0.117. The third kappa shape index (κ3) is 3.01. The molecule has 2 N–H and O–H groups in total. The minimum absolute atomic E-state index is 0.117. The Bertz CT molecular complexity index is 901. The maximum Gasteiger partial charge on any atom is 0.238 e. The first-order valence-electron chi connectivity index (χ1n) is 6.42. The van der Waals surface area contributed by atoms with Crippen LogP contribution in [0.3, 0.4) is 0 Å². The summed E-state index contributed by atoms with van der Waals surface area (Å²) < 4.78 is 23.7. The van der Waals surface area contributed by atoms with Crippen molar-refractivity contribution in [2.75, 3.05) is 0 Å². The lowest BCUT2D eigenvalue weighted by atomic mass is 9.99. The van der Waals surface area contributed by atoms with Gasteiger partial charge >= 0.3 is 0 Å². The van der Waals surface area contributed by atoms with Crippen LogP contribution in [0, 0.1) is 0 Å². The topological polar surface area (TPSA) is 60.2 Å². The van der Waals surface area contributed by atoms with E-state index in [4.69, 9.17) is 5.14 Å². The number of hydrogen-bond donors (Lipinski definition) is 1. The number of rotatable bonds is 3. The van der Waals surface area contributed by atoms with E-state index in [2.05, 4.69) is 33.4 Å². The summed E-state index contributed by atoms with van der Waals surface area (Å²) in [6, 6.07) is 16.7. The predicted octanol–water partition coefficient (Wildman–Crippen LogP) is 4.49. The van der Waals surface area contributed by atoms with Crippen molar-refractivity contribution in [3.8, 4) is 22.3 Å². The first-order chi connectivity index (χ1) is 10.5. The van der Waals surface area contributed by atoms with E-state index in [0.29, 0.717) is 0 Å². The zero-order valence-corrected chi connectivity index (χ0v) is 14.6. The molecule has 0 amide bonds. The Balaban J connectivity index is 2.11.